The standard InChI is InChI=1S/C20H16ClF3N2O3S/c21-14-5-7-16(8-6-14)28-11-19-26-15(12-30-19)9-18(27)25-10-13-3-1-2-4-17(13)29-20(22,23)24/h1-8,12H,9-11H2,(H,25,27). The summed E-state index contributed by atoms with van der Waals surface area (Å²) in [4.78, 5) is 16.5. The van der Waals surface area contributed by atoms with Gasteiger partial charge in [-0.3, -0.25) is 4.79 Å². The van der Waals surface area contributed by atoms with Gasteiger partial charge in [0, 0.05) is 22.5 Å². The van der Waals surface area contributed by atoms with Crippen LogP contribution < -0.4 is 14.8 Å². The van der Waals surface area contributed by atoms with Crippen LogP contribution in [0.4, 0.5) is 13.2 Å². The molecule has 0 bridgehead atoms. The maximum absolute atomic E-state index is 12.5. The molecule has 0 aliphatic rings. The number of nitrogens with one attached hydrogen (secondary N) is 1. The van der Waals surface area contributed by atoms with Gasteiger partial charge in [-0.1, -0.05) is 29.8 Å². The van der Waals surface area contributed by atoms with Gasteiger partial charge in [0.15, 0.2) is 0 Å². The molecule has 0 fully saturated rings. The fourth-order valence-corrected chi connectivity index (χ4v) is 3.30. The van der Waals surface area contributed by atoms with Crippen LogP contribution in [0.5, 0.6) is 11.5 Å². The highest BCUT2D eigenvalue weighted by atomic mass is 35.5. The van der Waals surface area contributed by atoms with Crippen molar-refractivity contribution in [2.45, 2.75) is 25.9 Å². The summed E-state index contributed by atoms with van der Waals surface area (Å²) in [5.41, 5.74) is 0.769. The zero-order chi connectivity index (χ0) is 21.6. The molecule has 30 heavy (non-hydrogen) atoms. The van der Waals surface area contributed by atoms with E-state index in [-0.39, 0.29) is 36.8 Å². The predicted molar refractivity (Wildman–Crippen MR) is 107 cm³/mol. The van der Waals surface area contributed by atoms with Crippen LogP contribution in [0.25, 0.3) is 0 Å². The summed E-state index contributed by atoms with van der Waals surface area (Å²) in [7, 11) is 0. The van der Waals surface area contributed by atoms with Crippen LogP contribution in [0.3, 0.4) is 0 Å². The number of alkyl halides is 3. The van der Waals surface area contributed by atoms with Gasteiger partial charge in [0.1, 0.15) is 23.1 Å². The minimum atomic E-state index is -4.80. The Balaban J connectivity index is 1.49. The number of para-hydroxylation sites is 1. The van der Waals surface area contributed by atoms with Gasteiger partial charge in [0.2, 0.25) is 5.91 Å². The molecule has 0 aliphatic carbocycles. The quantitative estimate of drug-likeness (QED) is 0.510. The van der Waals surface area contributed by atoms with E-state index >= 15 is 0 Å². The Labute approximate surface area is 179 Å². The van der Waals surface area contributed by atoms with E-state index in [0.717, 1.165) is 0 Å². The Hall–Kier alpha value is -2.78. The molecule has 1 heterocycles. The molecule has 0 spiro atoms. The predicted octanol–water partition coefficient (Wildman–Crippen LogP) is 5.13. The zero-order valence-electron chi connectivity index (χ0n) is 15.4. The number of halogens is 4. The van der Waals surface area contributed by atoms with Gasteiger partial charge in [-0.25, -0.2) is 4.98 Å². The first-order chi connectivity index (χ1) is 14.3. The average molecular weight is 457 g/mol. The number of benzene rings is 2. The van der Waals surface area contributed by atoms with Gasteiger partial charge in [-0.15, -0.1) is 24.5 Å². The van der Waals surface area contributed by atoms with Gasteiger partial charge in [0.05, 0.1) is 12.1 Å². The Morgan fingerprint density at radius 2 is 1.87 bits per heavy atom. The summed E-state index contributed by atoms with van der Waals surface area (Å²) < 4.78 is 47.0. The molecule has 0 saturated carbocycles. The van der Waals surface area contributed by atoms with Crippen LogP contribution in [0.1, 0.15) is 16.3 Å². The number of hydrogen-bond donors (Lipinski definition) is 1. The van der Waals surface area contributed by atoms with Crippen molar-refractivity contribution >= 4 is 28.8 Å². The highest BCUT2D eigenvalue weighted by Crippen LogP contribution is 2.26. The fraction of sp³-hybridized carbons (Fsp3) is 0.200. The molecule has 2 aromatic carbocycles. The lowest BCUT2D eigenvalue weighted by Crippen LogP contribution is -2.26. The first-order valence-electron chi connectivity index (χ1n) is 8.70. The normalized spacial score (nSPS) is 11.2. The molecule has 5 nitrogen and oxygen atoms in total. The van der Waals surface area contributed by atoms with Crippen molar-refractivity contribution in [3.8, 4) is 11.5 Å². The Kier molecular flexibility index (Phi) is 7.17. The molecular formula is C20H16ClF3N2O3S. The molecule has 1 aromatic heterocycles. The van der Waals surface area contributed by atoms with E-state index in [9.17, 15) is 18.0 Å². The lowest BCUT2D eigenvalue weighted by molar-refractivity contribution is -0.274. The van der Waals surface area contributed by atoms with Crippen LogP contribution in [0, 0.1) is 0 Å². The molecule has 0 saturated heterocycles. The van der Waals surface area contributed by atoms with E-state index in [1.54, 1.807) is 35.7 Å². The third kappa shape index (κ3) is 6.93. The highest BCUT2D eigenvalue weighted by molar-refractivity contribution is 7.09. The molecule has 0 aliphatic heterocycles. The molecular weight excluding hydrogens is 441 g/mol. The van der Waals surface area contributed by atoms with Crippen LogP contribution >= 0.6 is 22.9 Å². The fourth-order valence-electron chi connectivity index (χ4n) is 2.47. The monoisotopic (exact) mass is 456 g/mol. The van der Waals surface area contributed by atoms with E-state index in [4.69, 9.17) is 16.3 Å². The Morgan fingerprint density at radius 3 is 2.60 bits per heavy atom. The van der Waals surface area contributed by atoms with E-state index in [0.29, 0.717) is 21.5 Å². The van der Waals surface area contributed by atoms with E-state index in [1.165, 1.54) is 29.5 Å². The van der Waals surface area contributed by atoms with Crippen molar-refractivity contribution in [3.63, 3.8) is 0 Å². The van der Waals surface area contributed by atoms with Gasteiger partial charge in [0.25, 0.3) is 0 Å². The maximum atomic E-state index is 12.5. The zero-order valence-corrected chi connectivity index (χ0v) is 17.0. The summed E-state index contributed by atoms with van der Waals surface area (Å²) >= 11 is 7.17. The SMILES string of the molecule is O=C(Cc1csc(COc2ccc(Cl)cc2)n1)NCc1ccccc1OC(F)(F)F. The number of nitrogens with zero attached hydrogens (tertiary/aromatic N) is 1. The van der Waals surface area contributed by atoms with Crippen molar-refractivity contribution in [1.29, 1.82) is 0 Å². The third-order valence-electron chi connectivity index (χ3n) is 3.79. The number of ether oxygens (including phenoxy) is 2. The summed E-state index contributed by atoms with van der Waals surface area (Å²) in [6.45, 7) is 0.151. The van der Waals surface area contributed by atoms with Crippen molar-refractivity contribution < 1.29 is 27.4 Å². The highest BCUT2D eigenvalue weighted by Gasteiger charge is 2.32. The first kappa shape index (κ1) is 21.9. The number of carbonyl (C=O) groups excluding carboxylic acids is 1. The molecule has 0 unspecified atom stereocenters. The smallest absolute Gasteiger partial charge is 0.486 e. The van der Waals surface area contributed by atoms with Crippen LogP contribution in [0.2, 0.25) is 5.02 Å². The van der Waals surface area contributed by atoms with Gasteiger partial charge >= 0.3 is 6.36 Å². The third-order valence-corrected chi connectivity index (χ3v) is 4.91. The lowest BCUT2D eigenvalue weighted by Gasteiger charge is -2.13. The lowest BCUT2D eigenvalue weighted by atomic mass is 10.2. The van der Waals surface area contributed by atoms with Crippen LogP contribution in [-0.2, 0) is 24.4 Å². The topological polar surface area (TPSA) is 60.5 Å². The largest absolute Gasteiger partial charge is 0.573 e. The molecule has 1 amide bonds. The molecule has 1 N–H and O–H groups in total. The number of rotatable bonds is 8. The molecule has 158 valence electrons. The van der Waals surface area contributed by atoms with Crippen molar-refractivity contribution in [1.82, 2.24) is 10.3 Å². The summed E-state index contributed by atoms with van der Waals surface area (Å²) in [5.74, 6) is -0.0680. The van der Waals surface area contributed by atoms with Crippen LogP contribution in [0.15, 0.2) is 53.9 Å². The molecule has 10 heteroatoms. The summed E-state index contributed by atoms with van der Waals surface area (Å²) in [5, 5.41) is 5.62. The molecule has 0 radical (unpaired) electrons. The van der Waals surface area contributed by atoms with Gasteiger partial charge in [-0.05, 0) is 30.3 Å². The number of carbonyl (C=O) groups is 1. The van der Waals surface area contributed by atoms with Crippen LogP contribution in [-0.4, -0.2) is 17.3 Å². The van der Waals surface area contributed by atoms with Crippen molar-refractivity contribution in [2.75, 3.05) is 0 Å². The second-order valence-electron chi connectivity index (χ2n) is 6.08. The maximum Gasteiger partial charge on any atom is 0.573 e. The minimum absolute atomic E-state index is 0.000258. The number of hydrogen-bond acceptors (Lipinski definition) is 5. The molecule has 3 rings (SSSR count). The average Bonchev–Trinajstić information content (AvgIpc) is 3.13. The van der Waals surface area contributed by atoms with E-state index < -0.39 is 6.36 Å². The van der Waals surface area contributed by atoms with Crippen molar-refractivity contribution in [3.05, 3.63) is 75.2 Å². The van der Waals surface area contributed by atoms with E-state index in [2.05, 4.69) is 15.0 Å². The molecule has 3 aromatic rings. The molecule has 0 atom stereocenters. The number of amides is 1. The number of thiazole rings is 1. The summed E-state index contributed by atoms with van der Waals surface area (Å²) in [6.07, 6.45) is -4.80. The van der Waals surface area contributed by atoms with E-state index in [1.807, 2.05) is 0 Å². The minimum Gasteiger partial charge on any atom is -0.486 e. The first-order valence-corrected chi connectivity index (χ1v) is 9.96. The van der Waals surface area contributed by atoms with Gasteiger partial charge in [-0.2, -0.15) is 0 Å². The van der Waals surface area contributed by atoms with Gasteiger partial charge < -0.3 is 14.8 Å². The Bertz CT molecular complexity index is 993. The summed E-state index contributed by atoms with van der Waals surface area (Å²) in [6, 6.07) is 12.6. The number of aromatic nitrogens is 1. The second-order valence-corrected chi connectivity index (χ2v) is 7.46. The second kappa shape index (κ2) is 9.82. The Morgan fingerprint density at radius 1 is 1.13 bits per heavy atom. The van der Waals surface area contributed by atoms with Crippen molar-refractivity contribution in [2.24, 2.45) is 0 Å².